The van der Waals surface area contributed by atoms with Crippen molar-refractivity contribution in [3.8, 4) is 0 Å². The predicted molar refractivity (Wildman–Crippen MR) is 80.7 cm³/mol. The molecule has 2 saturated heterocycles. The Hall–Kier alpha value is -0.420. The molecule has 0 amide bonds. The van der Waals surface area contributed by atoms with E-state index in [0.717, 1.165) is 43.4 Å². The molecule has 3 nitrogen and oxygen atoms in total. The molecule has 3 rings (SSSR count). The first kappa shape index (κ1) is 14.5. The number of ether oxygens (including phenoxy) is 2. The number of halogens is 1. The topological polar surface area (TPSA) is 38.7 Å². The normalized spacial score (nSPS) is 31.6. The van der Waals surface area contributed by atoms with Gasteiger partial charge in [-0.2, -0.15) is 0 Å². The van der Waals surface area contributed by atoms with Crippen molar-refractivity contribution in [3.05, 3.63) is 34.3 Å². The fourth-order valence-electron chi connectivity index (χ4n) is 3.29. The van der Waals surface area contributed by atoms with Gasteiger partial charge in [-0.15, -0.1) is 0 Å². The number of hydrogen-bond acceptors (Lipinski definition) is 3. The van der Waals surface area contributed by atoms with Crippen LogP contribution in [0.15, 0.2) is 28.7 Å². The molecule has 0 bridgehead atoms. The summed E-state index contributed by atoms with van der Waals surface area (Å²) in [5.74, 6) is 0.314. The predicted octanol–water partition coefficient (Wildman–Crippen LogP) is 2.94. The average Bonchev–Trinajstić information content (AvgIpc) is 2.89. The second-order valence-electron chi connectivity index (χ2n) is 5.98. The molecule has 3 unspecified atom stereocenters. The molecule has 1 aromatic rings. The Balaban J connectivity index is 1.61. The van der Waals surface area contributed by atoms with Gasteiger partial charge in [-0.25, -0.2) is 0 Å². The standard InChI is InChI=1S/C16H21BrO3/c17-14-3-1-12(2-4-14)9-15(18)13-5-7-20-16(10-13)6-8-19-11-16/h1-4,13,15,18H,5-11H2. The Bertz CT molecular complexity index is 440. The van der Waals surface area contributed by atoms with E-state index in [2.05, 4.69) is 28.1 Å². The molecule has 1 N–H and O–H groups in total. The van der Waals surface area contributed by atoms with Crippen LogP contribution in [0.4, 0.5) is 0 Å². The third-order valence-corrected chi connectivity index (χ3v) is 5.03. The van der Waals surface area contributed by atoms with Crippen LogP contribution in [0.1, 0.15) is 24.8 Å². The summed E-state index contributed by atoms with van der Waals surface area (Å²) < 4.78 is 12.5. The molecule has 1 aromatic carbocycles. The maximum absolute atomic E-state index is 10.5. The largest absolute Gasteiger partial charge is 0.392 e. The van der Waals surface area contributed by atoms with Crippen molar-refractivity contribution in [2.45, 2.75) is 37.4 Å². The highest BCUT2D eigenvalue weighted by Gasteiger charge is 2.42. The van der Waals surface area contributed by atoms with Crippen LogP contribution in [-0.4, -0.2) is 36.6 Å². The monoisotopic (exact) mass is 340 g/mol. The SMILES string of the molecule is OC(Cc1ccc(Br)cc1)C1CCOC2(CCOC2)C1. The molecule has 2 aliphatic rings. The second-order valence-corrected chi connectivity index (χ2v) is 6.90. The van der Waals surface area contributed by atoms with Gasteiger partial charge in [-0.1, -0.05) is 28.1 Å². The molecule has 2 fully saturated rings. The van der Waals surface area contributed by atoms with E-state index in [1.807, 2.05) is 12.1 Å². The summed E-state index contributed by atoms with van der Waals surface area (Å²) in [6.07, 6.45) is 3.26. The van der Waals surface area contributed by atoms with E-state index in [1.54, 1.807) is 0 Å². The van der Waals surface area contributed by atoms with Crippen molar-refractivity contribution < 1.29 is 14.6 Å². The lowest BCUT2D eigenvalue weighted by molar-refractivity contribution is -0.116. The number of rotatable bonds is 3. The Morgan fingerprint density at radius 3 is 2.80 bits per heavy atom. The summed E-state index contributed by atoms with van der Waals surface area (Å²) in [5.41, 5.74) is 1.06. The van der Waals surface area contributed by atoms with Crippen LogP contribution in [0.2, 0.25) is 0 Å². The van der Waals surface area contributed by atoms with Gasteiger partial charge in [0, 0.05) is 24.1 Å². The van der Waals surface area contributed by atoms with Crippen LogP contribution >= 0.6 is 15.9 Å². The van der Waals surface area contributed by atoms with Crippen LogP contribution in [0.3, 0.4) is 0 Å². The van der Waals surface area contributed by atoms with Crippen molar-refractivity contribution in [2.75, 3.05) is 19.8 Å². The summed E-state index contributed by atoms with van der Waals surface area (Å²) in [6, 6.07) is 8.19. The number of benzene rings is 1. The molecule has 0 radical (unpaired) electrons. The molecule has 110 valence electrons. The number of aliphatic hydroxyl groups is 1. The maximum Gasteiger partial charge on any atom is 0.0940 e. The minimum absolute atomic E-state index is 0.121. The van der Waals surface area contributed by atoms with E-state index in [0.29, 0.717) is 12.5 Å². The summed E-state index contributed by atoms with van der Waals surface area (Å²) in [5, 5.41) is 10.5. The molecule has 2 heterocycles. The molecule has 20 heavy (non-hydrogen) atoms. The molecular weight excluding hydrogens is 320 g/mol. The van der Waals surface area contributed by atoms with E-state index in [9.17, 15) is 5.11 Å². The van der Waals surface area contributed by atoms with E-state index < -0.39 is 0 Å². The van der Waals surface area contributed by atoms with Crippen LogP contribution in [-0.2, 0) is 15.9 Å². The third-order valence-electron chi connectivity index (χ3n) is 4.50. The van der Waals surface area contributed by atoms with E-state index in [1.165, 1.54) is 5.56 Å². The van der Waals surface area contributed by atoms with Gasteiger partial charge in [-0.05, 0) is 42.9 Å². The van der Waals surface area contributed by atoms with Crippen LogP contribution in [0.25, 0.3) is 0 Å². The Morgan fingerprint density at radius 1 is 1.30 bits per heavy atom. The van der Waals surface area contributed by atoms with Crippen molar-refractivity contribution in [1.29, 1.82) is 0 Å². The zero-order valence-electron chi connectivity index (χ0n) is 11.6. The number of hydrogen-bond donors (Lipinski definition) is 1. The first-order valence-corrected chi connectivity index (χ1v) is 8.10. The lowest BCUT2D eigenvalue weighted by atomic mass is 9.80. The Morgan fingerprint density at radius 2 is 2.10 bits per heavy atom. The quantitative estimate of drug-likeness (QED) is 0.919. The molecule has 3 atom stereocenters. The van der Waals surface area contributed by atoms with Crippen LogP contribution in [0, 0.1) is 5.92 Å². The van der Waals surface area contributed by atoms with Gasteiger partial charge >= 0.3 is 0 Å². The highest BCUT2D eigenvalue weighted by atomic mass is 79.9. The fraction of sp³-hybridized carbons (Fsp3) is 0.625. The van der Waals surface area contributed by atoms with Gasteiger partial charge in [0.2, 0.25) is 0 Å². The number of aliphatic hydroxyl groups excluding tert-OH is 1. The molecule has 0 aromatic heterocycles. The van der Waals surface area contributed by atoms with E-state index in [-0.39, 0.29) is 11.7 Å². The average molecular weight is 341 g/mol. The van der Waals surface area contributed by atoms with Crippen LogP contribution in [0.5, 0.6) is 0 Å². The Labute approximate surface area is 128 Å². The van der Waals surface area contributed by atoms with Crippen LogP contribution < -0.4 is 0 Å². The van der Waals surface area contributed by atoms with Gasteiger partial charge in [0.15, 0.2) is 0 Å². The lowest BCUT2D eigenvalue weighted by Crippen LogP contribution is -2.44. The summed E-state index contributed by atoms with van der Waals surface area (Å²) in [4.78, 5) is 0. The fourth-order valence-corrected chi connectivity index (χ4v) is 3.55. The molecule has 4 heteroatoms. The summed E-state index contributed by atoms with van der Waals surface area (Å²) >= 11 is 3.44. The molecule has 0 aliphatic carbocycles. The van der Waals surface area contributed by atoms with E-state index >= 15 is 0 Å². The van der Waals surface area contributed by atoms with Gasteiger partial charge in [0.05, 0.1) is 18.3 Å². The van der Waals surface area contributed by atoms with Crippen molar-refractivity contribution >= 4 is 15.9 Å². The smallest absolute Gasteiger partial charge is 0.0940 e. The minimum Gasteiger partial charge on any atom is -0.392 e. The van der Waals surface area contributed by atoms with Gasteiger partial charge < -0.3 is 14.6 Å². The summed E-state index contributed by atoms with van der Waals surface area (Å²) in [6.45, 7) is 2.22. The highest BCUT2D eigenvalue weighted by molar-refractivity contribution is 9.10. The molecular formula is C16H21BrO3. The van der Waals surface area contributed by atoms with Crippen molar-refractivity contribution in [3.63, 3.8) is 0 Å². The molecule has 1 spiro atoms. The zero-order chi connectivity index (χ0) is 14.0. The van der Waals surface area contributed by atoms with Crippen molar-refractivity contribution in [1.82, 2.24) is 0 Å². The van der Waals surface area contributed by atoms with Gasteiger partial charge in [0.25, 0.3) is 0 Å². The molecule has 0 saturated carbocycles. The van der Waals surface area contributed by atoms with E-state index in [4.69, 9.17) is 9.47 Å². The highest BCUT2D eigenvalue weighted by Crippen LogP contribution is 2.37. The zero-order valence-corrected chi connectivity index (χ0v) is 13.1. The first-order chi connectivity index (χ1) is 9.67. The van der Waals surface area contributed by atoms with Gasteiger partial charge in [-0.3, -0.25) is 0 Å². The summed E-state index contributed by atoms with van der Waals surface area (Å²) in [7, 11) is 0. The lowest BCUT2D eigenvalue weighted by Gasteiger charge is -2.39. The minimum atomic E-state index is -0.294. The third kappa shape index (κ3) is 3.25. The molecule has 2 aliphatic heterocycles. The Kier molecular flexibility index (Phi) is 4.46. The second kappa shape index (κ2) is 6.14. The first-order valence-electron chi connectivity index (χ1n) is 7.31. The van der Waals surface area contributed by atoms with Crippen molar-refractivity contribution in [2.24, 2.45) is 5.92 Å². The van der Waals surface area contributed by atoms with Gasteiger partial charge in [0.1, 0.15) is 0 Å². The maximum atomic E-state index is 10.5.